The van der Waals surface area contributed by atoms with Gasteiger partial charge in [-0.05, 0) is 55.5 Å². The van der Waals surface area contributed by atoms with Gasteiger partial charge in [0.1, 0.15) is 5.76 Å². The van der Waals surface area contributed by atoms with Gasteiger partial charge in [0.05, 0.1) is 18.6 Å². The van der Waals surface area contributed by atoms with E-state index in [0.717, 1.165) is 54.9 Å². The molecule has 3 aromatic rings. The number of benzene rings is 1. The molecule has 1 amide bonds. The average Bonchev–Trinajstić information content (AvgIpc) is 3.44. The Balaban J connectivity index is 1.44. The van der Waals surface area contributed by atoms with E-state index in [-0.39, 0.29) is 11.7 Å². The van der Waals surface area contributed by atoms with Gasteiger partial charge in [0, 0.05) is 18.8 Å². The predicted molar refractivity (Wildman–Crippen MR) is 119 cm³/mol. The number of carbonyl (C=O) groups is 1. The molecular weight excluding hydrogens is 398 g/mol. The first-order valence-electron chi connectivity index (χ1n) is 10.4. The molecule has 1 N–H and O–H groups in total. The Hall–Kier alpha value is -2.74. The molecule has 1 aromatic carbocycles. The maximum atomic E-state index is 12.5. The summed E-state index contributed by atoms with van der Waals surface area (Å²) in [6, 6.07) is 11.8. The van der Waals surface area contributed by atoms with Crippen LogP contribution in [-0.4, -0.2) is 39.5 Å². The first-order chi connectivity index (χ1) is 14.7. The highest BCUT2D eigenvalue weighted by molar-refractivity contribution is 7.99. The van der Waals surface area contributed by atoms with Gasteiger partial charge < -0.3 is 14.6 Å². The van der Waals surface area contributed by atoms with E-state index in [9.17, 15) is 4.79 Å². The second kappa shape index (κ2) is 9.84. The van der Waals surface area contributed by atoms with Crippen LogP contribution < -0.4 is 10.2 Å². The topological polar surface area (TPSA) is 76.2 Å². The molecular formula is C22H27N5O2S. The van der Waals surface area contributed by atoms with Crippen LogP contribution in [0, 0.1) is 0 Å². The molecule has 7 nitrogen and oxygen atoms in total. The number of amides is 1. The summed E-state index contributed by atoms with van der Waals surface area (Å²) in [5.41, 5.74) is 2.06. The Labute approximate surface area is 180 Å². The number of hydrogen-bond acceptors (Lipinski definition) is 6. The van der Waals surface area contributed by atoms with Gasteiger partial charge in [-0.15, -0.1) is 10.2 Å². The SMILES string of the molecule is CCc1ccc(NC(=O)CSc2nnc(N3CCCCC3)n2Cc2ccco2)cc1. The van der Waals surface area contributed by atoms with Crippen LogP contribution in [0.15, 0.2) is 52.2 Å². The van der Waals surface area contributed by atoms with E-state index in [1.807, 2.05) is 36.4 Å². The van der Waals surface area contributed by atoms with Gasteiger partial charge in [0.15, 0.2) is 5.16 Å². The molecule has 4 rings (SSSR count). The number of piperidine rings is 1. The minimum absolute atomic E-state index is 0.0590. The lowest BCUT2D eigenvalue weighted by molar-refractivity contribution is -0.113. The van der Waals surface area contributed by atoms with Crippen molar-refractivity contribution >= 4 is 29.3 Å². The summed E-state index contributed by atoms with van der Waals surface area (Å²) in [5, 5.41) is 12.5. The van der Waals surface area contributed by atoms with Gasteiger partial charge in [-0.3, -0.25) is 9.36 Å². The zero-order valence-corrected chi connectivity index (χ0v) is 18.0. The molecule has 0 bridgehead atoms. The van der Waals surface area contributed by atoms with Gasteiger partial charge in [0.2, 0.25) is 11.9 Å². The third-order valence-electron chi connectivity index (χ3n) is 5.21. The Morgan fingerprint density at radius 1 is 1.13 bits per heavy atom. The Kier molecular flexibility index (Phi) is 6.74. The zero-order valence-electron chi connectivity index (χ0n) is 17.2. The first kappa shape index (κ1) is 20.5. The van der Waals surface area contributed by atoms with Crippen molar-refractivity contribution < 1.29 is 9.21 Å². The molecule has 0 aliphatic carbocycles. The van der Waals surface area contributed by atoms with Crippen LogP contribution in [0.5, 0.6) is 0 Å². The highest BCUT2D eigenvalue weighted by Gasteiger charge is 2.21. The van der Waals surface area contributed by atoms with Crippen molar-refractivity contribution in [1.29, 1.82) is 0 Å². The molecule has 1 aliphatic heterocycles. The number of aryl methyl sites for hydroxylation is 1. The minimum atomic E-state index is -0.0590. The number of thioether (sulfide) groups is 1. The van der Waals surface area contributed by atoms with E-state index in [4.69, 9.17) is 4.42 Å². The molecule has 0 saturated carbocycles. The molecule has 158 valence electrons. The Morgan fingerprint density at radius 2 is 1.93 bits per heavy atom. The predicted octanol–water partition coefficient (Wildman–Crippen LogP) is 4.20. The largest absolute Gasteiger partial charge is 0.467 e. The maximum Gasteiger partial charge on any atom is 0.234 e. The second-order valence-electron chi connectivity index (χ2n) is 7.38. The van der Waals surface area contributed by atoms with Gasteiger partial charge in [-0.2, -0.15) is 0 Å². The van der Waals surface area contributed by atoms with E-state index < -0.39 is 0 Å². The van der Waals surface area contributed by atoms with Crippen LogP contribution in [0.25, 0.3) is 0 Å². The second-order valence-corrected chi connectivity index (χ2v) is 8.33. The summed E-state index contributed by atoms with van der Waals surface area (Å²) in [4.78, 5) is 14.7. The van der Waals surface area contributed by atoms with Crippen molar-refractivity contribution in [2.24, 2.45) is 0 Å². The molecule has 1 saturated heterocycles. The Bertz CT molecular complexity index is 947. The summed E-state index contributed by atoms with van der Waals surface area (Å²) >= 11 is 1.40. The van der Waals surface area contributed by atoms with E-state index >= 15 is 0 Å². The third-order valence-corrected chi connectivity index (χ3v) is 6.18. The van der Waals surface area contributed by atoms with Crippen molar-refractivity contribution in [2.45, 2.75) is 44.3 Å². The quantitative estimate of drug-likeness (QED) is 0.545. The van der Waals surface area contributed by atoms with Crippen LogP contribution in [0.3, 0.4) is 0 Å². The van der Waals surface area contributed by atoms with Crippen LogP contribution in [0.4, 0.5) is 11.6 Å². The highest BCUT2D eigenvalue weighted by atomic mass is 32.2. The zero-order chi connectivity index (χ0) is 20.8. The molecule has 1 fully saturated rings. The molecule has 0 atom stereocenters. The molecule has 0 unspecified atom stereocenters. The summed E-state index contributed by atoms with van der Waals surface area (Å²) in [6.45, 7) is 4.62. The minimum Gasteiger partial charge on any atom is -0.467 e. The number of carbonyl (C=O) groups excluding carboxylic acids is 1. The number of anilines is 2. The summed E-state index contributed by atoms with van der Waals surface area (Å²) in [6.07, 6.45) is 6.23. The normalized spacial score (nSPS) is 14.1. The molecule has 0 radical (unpaired) electrons. The lowest BCUT2D eigenvalue weighted by atomic mass is 10.1. The molecule has 8 heteroatoms. The average molecular weight is 426 g/mol. The molecule has 0 spiro atoms. The van der Waals surface area contributed by atoms with E-state index in [1.54, 1.807) is 6.26 Å². The fourth-order valence-electron chi connectivity index (χ4n) is 3.56. The van der Waals surface area contributed by atoms with Gasteiger partial charge in [0.25, 0.3) is 0 Å². The Morgan fingerprint density at radius 3 is 2.63 bits per heavy atom. The van der Waals surface area contributed by atoms with E-state index in [0.29, 0.717) is 6.54 Å². The van der Waals surface area contributed by atoms with Crippen LogP contribution in [-0.2, 0) is 17.8 Å². The number of aromatic nitrogens is 3. The number of furan rings is 1. The summed E-state index contributed by atoms with van der Waals surface area (Å²) in [5.74, 6) is 1.90. The fourth-order valence-corrected chi connectivity index (χ4v) is 4.30. The van der Waals surface area contributed by atoms with Crippen molar-refractivity contribution in [3.8, 4) is 0 Å². The lowest BCUT2D eigenvalue weighted by Gasteiger charge is -2.27. The first-order valence-corrected chi connectivity index (χ1v) is 11.4. The van der Waals surface area contributed by atoms with Gasteiger partial charge in [-0.1, -0.05) is 30.8 Å². The van der Waals surface area contributed by atoms with Crippen molar-refractivity contribution in [1.82, 2.24) is 14.8 Å². The lowest BCUT2D eigenvalue weighted by Crippen LogP contribution is -2.32. The van der Waals surface area contributed by atoms with Crippen LogP contribution in [0.1, 0.15) is 37.5 Å². The number of nitrogens with one attached hydrogen (secondary N) is 1. The highest BCUT2D eigenvalue weighted by Crippen LogP contribution is 2.26. The third kappa shape index (κ3) is 5.05. The summed E-state index contributed by atoms with van der Waals surface area (Å²) in [7, 11) is 0. The van der Waals surface area contributed by atoms with Gasteiger partial charge >= 0.3 is 0 Å². The van der Waals surface area contributed by atoms with E-state index in [1.165, 1.54) is 23.7 Å². The fraction of sp³-hybridized carbons (Fsp3) is 0.409. The smallest absolute Gasteiger partial charge is 0.234 e. The van der Waals surface area contributed by atoms with E-state index in [2.05, 4.69) is 31.9 Å². The van der Waals surface area contributed by atoms with Crippen molar-refractivity contribution in [3.63, 3.8) is 0 Å². The maximum absolute atomic E-state index is 12.5. The van der Waals surface area contributed by atoms with Crippen LogP contribution >= 0.6 is 11.8 Å². The summed E-state index contributed by atoms with van der Waals surface area (Å²) < 4.78 is 7.60. The molecule has 1 aliphatic rings. The number of nitrogens with zero attached hydrogens (tertiary/aromatic N) is 4. The molecule has 30 heavy (non-hydrogen) atoms. The molecule has 3 heterocycles. The number of rotatable bonds is 8. The number of hydrogen-bond donors (Lipinski definition) is 1. The van der Waals surface area contributed by atoms with Crippen LogP contribution in [0.2, 0.25) is 0 Å². The van der Waals surface area contributed by atoms with Crippen molar-refractivity contribution in [2.75, 3.05) is 29.1 Å². The molecule has 2 aromatic heterocycles. The standard InChI is InChI=1S/C22H27N5O2S/c1-2-17-8-10-18(11-9-17)23-20(28)16-30-22-25-24-21(26-12-4-3-5-13-26)27(22)15-19-7-6-14-29-19/h6-11,14H,2-5,12-13,15-16H2,1H3,(H,23,28). The van der Waals surface area contributed by atoms with Gasteiger partial charge in [-0.25, -0.2) is 0 Å². The monoisotopic (exact) mass is 425 g/mol. The van der Waals surface area contributed by atoms with Crippen molar-refractivity contribution in [3.05, 3.63) is 54.0 Å².